The van der Waals surface area contributed by atoms with E-state index in [1.165, 1.54) is 38.4 Å². The number of hydrogen-bond donors (Lipinski definition) is 1. The molecule has 1 N–H and O–H groups in total. The Balaban J connectivity index is 1.61. The van der Waals surface area contributed by atoms with Crippen LogP contribution in [0.1, 0.15) is 31.2 Å². The maximum Gasteiger partial charge on any atom is 0.128 e. The molecule has 2 rings (SSSR count). The number of hydrogen-bond acceptors (Lipinski definition) is 2. The van der Waals surface area contributed by atoms with Crippen LogP contribution in [0.5, 0.6) is 0 Å². The predicted octanol–water partition coefficient (Wildman–Crippen LogP) is 3.55. The van der Waals surface area contributed by atoms with Crippen LogP contribution in [0.4, 0.5) is 4.39 Å². The zero-order valence-corrected chi connectivity index (χ0v) is 12.9. The van der Waals surface area contributed by atoms with Crippen LogP contribution in [0.3, 0.4) is 0 Å². The van der Waals surface area contributed by atoms with Gasteiger partial charge in [-0.2, -0.15) is 0 Å². The third kappa shape index (κ3) is 5.21. The van der Waals surface area contributed by atoms with Gasteiger partial charge in [0.15, 0.2) is 0 Å². The minimum absolute atomic E-state index is 0.141. The summed E-state index contributed by atoms with van der Waals surface area (Å²) in [6.07, 6.45) is 5.21. The van der Waals surface area contributed by atoms with E-state index in [2.05, 4.69) is 26.1 Å². The second-order valence-corrected chi connectivity index (χ2v) is 6.08. The van der Waals surface area contributed by atoms with Crippen molar-refractivity contribution in [2.24, 2.45) is 0 Å². The van der Waals surface area contributed by atoms with Crippen LogP contribution >= 0.6 is 15.9 Å². The fraction of sp³-hybridized carbons (Fsp3) is 0.600. The molecule has 1 aromatic rings. The molecule has 0 aliphatic carbocycles. The molecule has 0 aromatic heterocycles. The zero-order valence-electron chi connectivity index (χ0n) is 11.3. The minimum Gasteiger partial charge on any atom is -0.313 e. The first-order valence-corrected chi connectivity index (χ1v) is 7.92. The van der Waals surface area contributed by atoms with Crippen molar-refractivity contribution in [2.75, 3.05) is 26.2 Å². The molecule has 0 amide bonds. The van der Waals surface area contributed by atoms with Crippen molar-refractivity contribution < 1.29 is 4.39 Å². The molecule has 0 radical (unpaired) electrons. The van der Waals surface area contributed by atoms with Gasteiger partial charge in [0.25, 0.3) is 0 Å². The minimum atomic E-state index is -0.141. The van der Waals surface area contributed by atoms with Crippen molar-refractivity contribution in [3.63, 3.8) is 0 Å². The molecule has 0 unspecified atom stereocenters. The first-order chi connectivity index (χ1) is 9.25. The molecule has 1 aromatic carbocycles. The van der Waals surface area contributed by atoms with Gasteiger partial charge in [-0.05, 0) is 57.6 Å². The topological polar surface area (TPSA) is 15.3 Å². The summed E-state index contributed by atoms with van der Waals surface area (Å²) < 4.78 is 14.4. The van der Waals surface area contributed by atoms with Gasteiger partial charge in [-0.25, -0.2) is 4.39 Å². The number of rotatable bonds is 6. The van der Waals surface area contributed by atoms with Crippen molar-refractivity contribution in [1.82, 2.24) is 10.2 Å². The van der Waals surface area contributed by atoms with Crippen molar-refractivity contribution in [2.45, 2.75) is 32.2 Å². The summed E-state index contributed by atoms with van der Waals surface area (Å²) in [5.41, 5.74) is 0.737. The van der Waals surface area contributed by atoms with Crippen LogP contribution in [0.15, 0.2) is 22.7 Å². The molecule has 106 valence electrons. The second kappa shape index (κ2) is 7.98. The third-order valence-electron chi connectivity index (χ3n) is 3.61. The number of benzene rings is 1. The fourth-order valence-electron chi connectivity index (χ4n) is 2.50. The summed E-state index contributed by atoms with van der Waals surface area (Å²) in [5, 5.41) is 3.32. The molecule has 1 fully saturated rings. The summed E-state index contributed by atoms with van der Waals surface area (Å²) in [4.78, 5) is 2.53. The molecule has 19 heavy (non-hydrogen) atoms. The number of likely N-dealkylation sites (tertiary alicyclic amines) is 1. The van der Waals surface area contributed by atoms with Gasteiger partial charge in [0.2, 0.25) is 0 Å². The van der Waals surface area contributed by atoms with Crippen LogP contribution in [-0.4, -0.2) is 31.1 Å². The van der Waals surface area contributed by atoms with Gasteiger partial charge in [-0.3, -0.25) is 0 Å². The van der Waals surface area contributed by atoms with Crippen LogP contribution in [0.25, 0.3) is 0 Å². The summed E-state index contributed by atoms with van der Waals surface area (Å²) in [5.74, 6) is -0.141. The third-order valence-corrected chi connectivity index (χ3v) is 4.10. The SMILES string of the molecule is Fc1cc(Br)ccc1CNCCCN1CCCCC1. The molecule has 1 saturated heterocycles. The lowest BCUT2D eigenvalue weighted by molar-refractivity contribution is 0.225. The van der Waals surface area contributed by atoms with Gasteiger partial charge in [-0.1, -0.05) is 28.4 Å². The first-order valence-electron chi connectivity index (χ1n) is 7.13. The monoisotopic (exact) mass is 328 g/mol. The maximum atomic E-state index is 13.6. The smallest absolute Gasteiger partial charge is 0.128 e. The number of nitrogens with one attached hydrogen (secondary N) is 1. The predicted molar refractivity (Wildman–Crippen MR) is 80.7 cm³/mol. The number of piperidine rings is 1. The van der Waals surface area contributed by atoms with Crippen LogP contribution in [0.2, 0.25) is 0 Å². The van der Waals surface area contributed by atoms with Gasteiger partial charge in [0.05, 0.1) is 0 Å². The average Bonchev–Trinajstić information content (AvgIpc) is 2.42. The quantitative estimate of drug-likeness (QED) is 0.803. The Morgan fingerprint density at radius 3 is 2.74 bits per heavy atom. The van der Waals surface area contributed by atoms with Crippen molar-refractivity contribution in [3.8, 4) is 0 Å². The lowest BCUT2D eigenvalue weighted by Gasteiger charge is -2.26. The molecule has 2 nitrogen and oxygen atoms in total. The molecular weight excluding hydrogens is 307 g/mol. The number of nitrogens with zero attached hydrogens (tertiary/aromatic N) is 1. The Kier molecular flexibility index (Phi) is 6.28. The average molecular weight is 329 g/mol. The highest BCUT2D eigenvalue weighted by molar-refractivity contribution is 9.10. The van der Waals surface area contributed by atoms with Gasteiger partial charge in [0.1, 0.15) is 5.82 Å². The Morgan fingerprint density at radius 1 is 1.21 bits per heavy atom. The summed E-state index contributed by atoms with van der Waals surface area (Å²) >= 11 is 3.27. The van der Waals surface area contributed by atoms with E-state index in [1.54, 1.807) is 0 Å². The summed E-state index contributed by atoms with van der Waals surface area (Å²) in [6, 6.07) is 5.23. The lowest BCUT2D eigenvalue weighted by atomic mass is 10.1. The van der Waals surface area contributed by atoms with Gasteiger partial charge < -0.3 is 10.2 Å². The Labute approximate surface area is 123 Å². The Morgan fingerprint density at radius 2 is 2.00 bits per heavy atom. The van der Waals surface area contributed by atoms with Crippen LogP contribution in [0, 0.1) is 5.82 Å². The highest BCUT2D eigenvalue weighted by atomic mass is 79.9. The van der Waals surface area contributed by atoms with E-state index < -0.39 is 0 Å². The van der Waals surface area contributed by atoms with Crippen LogP contribution < -0.4 is 5.32 Å². The maximum absolute atomic E-state index is 13.6. The van der Waals surface area contributed by atoms with E-state index in [1.807, 2.05) is 12.1 Å². The Hall–Kier alpha value is -0.450. The highest BCUT2D eigenvalue weighted by Gasteiger charge is 2.08. The largest absolute Gasteiger partial charge is 0.313 e. The molecule has 1 aliphatic rings. The molecule has 0 bridgehead atoms. The van der Waals surface area contributed by atoms with Crippen molar-refractivity contribution in [1.29, 1.82) is 0 Å². The van der Waals surface area contributed by atoms with Crippen molar-refractivity contribution >= 4 is 15.9 Å². The van der Waals surface area contributed by atoms with E-state index in [-0.39, 0.29) is 5.82 Å². The lowest BCUT2D eigenvalue weighted by Crippen LogP contribution is -2.32. The molecule has 4 heteroatoms. The van der Waals surface area contributed by atoms with Gasteiger partial charge in [-0.15, -0.1) is 0 Å². The fourth-order valence-corrected chi connectivity index (χ4v) is 2.83. The van der Waals surface area contributed by atoms with E-state index in [0.717, 1.165) is 29.5 Å². The van der Waals surface area contributed by atoms with E-state index in [4.69, 9.17) is 0 Å². The normalized spacial score (nSPS) is 16.7. The molecule has 0 saturated carbocycles. The van der Waals surface area contributed by atoms with Gasteiger partial charge >= 0.3 is 0 Å². The summed E-state index contributed by atoms with van der Waals surface area (Å²) in [7, 11) is 0. The highest BCUT2D eigenvalue weighted by Crippen LogP contribution is 2.15. The second-order valence-electron chi connectivity index (χ2n) is 5.17. The zero-order chi connectivity index (χ0) is 13.5. The van der Waals surface area contributed by atoms with E-state index in [0.29, 0.717) is 6.54 Å². The first kappa shape index (κ1) is 14.9. The van der Waals surface area contributed by atoms with E-state index in [9.17, 15) is 4.39 Å². The van der Waals surface area contributed by atoms with Gasteiger partial charge in [0, 0.05) is 16.6 Å². The molecule has 1 heterocycles. The number of halogens is 2. The molecule has 0 spiro atoms. The van der Waals surface area contributed by atoms with E-state index >= 15 is 0 Å². The Bertz CT molecular complexity index is 392. The molecular formula is C15H22BrFN2. The molecule has 0 atom stereocenters. The van der Waals surface area contributed by atoms with Crippen molar-refractivity contribution in [3.05, 3.63) is 34.1 Å². The summed E-state index contributed by atoms with van der Waals surface area (Å²) in [6.45, 7) is 5.23. The standard InChI is InChI=1S/C15H22BrFN2/c16-14-6-5-13(15(17)11-14)12-18-7-4-10-19-8-2-1-3-9-19/h5-6,11,18H,1-4,7-10,12H2. The van der Waals surface area contributed by atoms with Crippen LogP contribution in [-0.2, 0) is 6.54 Å². The molecule has 1 aliphatic heterocycles.